The molecule has 86 valence electrons. The van der Waals surface area contributed by atoms with Gasteiger partial charge in [-0.15, -0.1) is 11.3 Å². The van der Waals surface area contributed by atoms with Crippen LogP contribution < -0.4 is 11.1 Å². The van der Waals surface area contributed by atoms with E-state index in [0.717, 1.165) is 10.9 Å². The second-order valence-corrected chi connectivity index (χ2v) is 5.88. The van der Waals surface area contributed by atoms with Crippen molar-refractivity contribution in [1.82, 2.24) is 5.32 Å². The molecule has 2 nitrogen and oxygen atoms in total. The minimum absolute atomic E-state index is 0.0787. The fourth-order valence-electron chi connectivity index (χ4n) is 1.73. The predicted molar refractivity (Wildman–Crippen MR) is 68.5 cm³/mol. The quantitative estimate of drug-likeness (QED) is 0.839. The first-order valence-electron chi connectivity index (χ1n) is 5.21. The van der Waals surface area contributed by atoms with Crippen LogP contribution in [0.3, 0.4) is 0 Å². The van der Waals surface area contributed by atoms with Crippen molar-refractivity contribution in [2.24, 2.45) is 17.6 Å². The zero-order chi connectivity index (χ0) is 11.4. The maximum absolute atomic E-state index is 6.25. The third-order valence-corrected chi connectivity index (χ3v) is 4.01. The maximum atomic E-state index is 6.25. The van der Waals surface area contributed by atoms with Gasteiger partial charge in [-0.1, -0.05) is 25.4 Å². The molecule has 4 heteroatoms. The molecule has 0 radical (unpaired) electrons. The first kappa shape index (κ1) is 13.0. The number of thiophene rings is 1. The van der Waals surface area contributed by atoms with E-state index in [1.807, 2.05) is 19.2 Å². The molecule has 0 fully saturated rings. The third-order valence-electron chi connectivity index (χ3n) is 2.68. The zero-order valence-corrected chi connectivity index (χ0v) is 11.0. The highest BCUT2D eigenvalue weighted by Crippen LogP contribution is 2.32. The molecular weight excluding hydrogens is 228 g/mol. The van der Waals surface area contributed by atoms with Crippen LogP contribution in [0.2, 0.25) is 4.34 Å². The van der Waals surface area contributed by atoms with Gasteiger partial charge in [-0.2, -0.15) is 0 Å². The van der Waals surface area contributed by atoms with E-state index in [1.54, 1.807) is 11.3 Å². The summed E-state index contributed by atoms with van der Waals surface area (Å²) < 4.78 is 0.812. The molecule has 1 aromatic heterocycles. The minimum Gasteiger partial charge on any atom is -0.323 e. The Morgan fingerprint density at radius 2 is 2.13 bits per heavy atom. The van der Waals surface area contributed by atoms with Crippen molar-refractivity contribution in [3.63, 3.8) is 0 Å². The van der Waals surface area contributed by atoms with Gasteiger partial charge in [-0.3, -0.25) is 0 Å². The zero-order valence-electron chi connectivity index (χ0n) is 9.46. The molecule has 0 aliphatic heterocycles. The molecule has 0 amide bonds. The van der Waals surface area contributed by atoms with Crippen LogP contribution in [-0.4, -0.2) is 13.6 Å². The van der Waals surface area contributed by atoms with Crippen LogP contribution in [0.25, 0.3) is 0 Å². The first-order chi connectivity index (χ1) is 7.06. The Morgan fingerprint density at radius 3 is 2.53 bits per heavy atom. The second-order valence-electron chi connectivity index (χ2n) is 4.13. The molecule has 1 rings (SSSR count). The fourth-order valence-corrected chi connectivity index (χ4v) is 2.87. The van der Waals surface area contributed by atoms with E-state index in [4.69, 9.17) is 17.3 Å². The molecule has 3 N–H and O–H groups in total. The smallest absolute Gasteiger partial charge is 0.0931 e. The Labute approximate surface area is 101 Å². The van der Waals surface area contributed by atoms with Crippen molar-refractivity contribution in [2.45, 2.75) is 19.9 Å². The Morgan fingerprint density at radius 1 is 1.47 bits per heavy atom. The topological polar surface area (TPSA) is 38.0 Å². The van der Waals surface area contributed by atoms with Crippen LogP contribution >= 0.6 is 22.9 Å². The molecule has 1 aromatic rings. The molecule has 15 heavy (non-hydrogen) atoms. The van der Waals surface area contributed by atoms with Crippen LogP contribution in [0.1, 0.15) is 24.8 Å². The van der Waals surface area contributed by atoms with E-state index in [2.05, 4.69) is 19.2 Å². The number of hydrogen-bond acceptors (Lipinski definition) is 3. The summed E-state index contributed by atoms with van der Waals surface area (Å²) in [7, 11) is 1.96. The lowest BCUT2D eigenvalue weighted by Gasteiger charge is -2.26. The fraction of sp³-hybridized carbons (Fsp3) is 0.636. The van der Waals surface area contributed by atoms with E-state index in [0.29, 0.717) is 11.8 Å². The van der Waals surface area contributed by atoms with Gasteiger partial charge >= 0.3 is 0 Å². The van der Waals surface area contributed by atoms with Crippen molar-refractivity contribution < 1.29 is 0 Å². The summed E-state index contributed by atoms with van der Waals surface area (Å²) in [5.41, 5.74) is 6.25. The molecule has 0 aliphatic carbocycles. The third kappa shape index (κ3) is 3.45. The minimum atomic E-state index is 0.0787. The Balaban J connectivity index is 2.75. The van der Waals surface area contributed by atoms with Crippen LogP contribution in [0, 0.1) is 11.8 Å². The average molecular weight is 247 g/mol. The Bertz CT molecular complexity index is 299. The monoisotopic (exact) mass is 246 g/mol. The van der Waals surface area contributed by atoms with Crippen LogP contribution in [0.5, 0.6) is 0 Å². The first-order valence-corrected chi connectivity index (χ1v) is 6.41. The highest BCUT2D eigenvalue weighted by Gasteiger charge is 2.23. The van der Waals surface area contributed by atoms with Gasteiger partial charge in [0, 0.05) is 10.9 Å². The summed E-state index contributed by atoms with van der Waals surface area (Å²) in [6.07, 6.45) is 0. The summed E-state index contributed by atoms with van der Waals surface area (Å²) in [6, 6.07) is 4.02. The van der Waals surface area contributed by atoms with Crippen molar-refractivity contribution in [3.8, 4) is 0 Å². The normalized spacial score (nSPS) is 15.6. The van der Waals surface area contributed by atoms with Crippen molar-refractivity contribution in [3.05, 3.63) is 21.3 Å². The van der Waals surface area contributed by atoms with Crippen LogP contribution in [0.15, 0.2) is 12.1 Å². The van der Waals surface area contributed by atoms with E-state index in [1.165, 1.54) is 4.88 Å². The van der Waals surface area contributed by atoms with Gasteiger partial charge in [0.2, 0.25) is 0 Å². The van der Waals surface area contributed by atoms with E-state index in [-0.39, 0.29) is 6.04 Å². The van der Waals surface area contributed by atoms with Gasteiger partial charge in [0.05, 0.1) is 4.34 Å². The van der Waals surface area contributed by atoms with Gasteiger partial charge in [0.15, 0.2) is 0 Å². The molecule has 1 heterocycles. The number of nitrogens with one attached hydrogen (secondary N) is 1. The van der Waals surface area contributed by atoms with Crippen molar-refractivity contribution in [1.29, 1.82) is 0 Å². The summed E-state index contributed by atoms with van der Waals surface area (Å²) >= 11 is 7.49. The molecular formula is C11H19ClN2S. The second kappa shape index (κ2) is 5.85. The van der Waals surface area contributed by atoms with Gasteiger partial charge in [-0.25, -0.2) is 0 Å². The highest BCUT2D eigenvalue weighted by atomic mass is 35.5. The molecule has 0 spiro atoms. The van der Waals surface area contributed by atoms with E-state index in [9.17, 15) is 0 Å². The van der Waals surface area contributed by atoms with Crippen LogP contribution in [0.4, 0.5) is 0 Å². The van der Waals surface area contributed by atoms with Gasteiger partial charge < -0.3 is 11.1 Å². The molecule has 0 saturated heterocycles. The number of nitrogens with two attached hydrogens (primary N) is 1. The lowest BCUT2D eigenvalue weighted by Crippen LogP contribution is -2.32. The molecule has 0 bridgehead atoms. The summed E-state index contributed by atoms with van der Waals surface area (Å²) in [6.45, 7) is 5.35. The predicted octanol–water partition coefficient (Wildman–Crippen LogP) is 2.89. The molecule has 0 aliphatic rings. The number of hydrogen-bond donors (Lipinski definition) is 2. The summed E-state index contributed by atoms with van der Waals surface area (Å²) in [4.78, 5) is 1.17. The summed E-state index contributed by atoms with van der Waals surface area (Å²) in [5, 5.41) is 3.20. The molecule has 0 saturated carbocycles. The van der Waals surface area contributed by atoms with Gasteiger partial charge in [0.1, 0.15) is 0 Å². The molecule has 2 atom stereocenters. The molecule has 0 aromatic carbocycles. The maximum Gasteiger partial charge on any atom is 0.0931 e. The number of halogens is 1. The SMILES string of the molecule is CNCC(C(C)C)C(N)c1ccc(Cl)s1. The highest BCUT2D eigenvalue weighted by molar-refractivity contribution is 7.16. The van der Waals surface area contributed by atoms with Crippen molar-refractivity contribution in [2.75, 3.05) is 13.6 Å². The van der Waals surface area contributed by atoms with E-state index < -0.39 is 0 Å². The lowest BCUT2D eigenvalue weighted by molar-refractivity contribution is 0.317. The van der Waals surface area contributed by atoms with Crippen molar-refractivity contribution >= 4 is 22.9 Å². The van der Waals surface area contributed by atoms with Gasteiger partial charge in [-0.05, 0) is 37.6 Å². The number of rotatable bonds is 5. The average Bonchev–Trinajstić information content (AvgIpc) is 2.59. The molecule has 2 unspecified atom stereocenters. The summed E-state index contributed by atoms with van der Waals surface area (Å²) in [5.74, 6) is 1.01. The largest absolute Gasteiger partial charge is 0.323 e. The standard InChI is InChI=1S/C11H19ClN2S/c1-7(2)8(6-14-3)11(13)9-4-5-10(12)15-9/h4-5,7-8,11,14H,6,13H2,1-3H3. The Kier molecular flexibility index (Phi) is 5.06. The Hall–Kier alpha value is -0.0900. The van der Waals surface area contributed by atoms with E-state index >= 15 is 0 Å². The van der Waals surface area contributed by atoms with Gasteiger partial charge in [0.25, 0.3) is 0 Å². The van der Waals surface area contributed by atoms with Crippen LogP contribution in [-0.2, 0) is 0 Å². The lowest BCUT2D eigenvalue weighted by atomic mass is 9.88.